The van der Waals surface area contributed by atoms with Crippen LogP contribution in [0.3, 0.4) is 0 Å². The van der Waals surface area contributed by atoms with Gasteiger partial charge in [-0.05, 0) is 12.8 Å². The first-order valence-electron chi connectivity index (χ1n) is 4.27. The molecule has 3 nitrogen and oxygen atoms in total. The van der Waals surface area contributed by atoms with Crippen molar-refractivity contribution >= 4 is 0 Å². The van der Waals surface area contributed by atoms with Crippen molar-refractivity contribution in [3.8, 4) is 0 Å². The lowest BCUT2D eigenvalue weighted by molar-refractivity contribution is 0.0466. The van der Waals surface area contributed by atoms with Crippen molar-refractivity contribution in [1.29, 1.82) is 0 Å². The number of ether oxygens (including phenoxy) is 2. The zero-order valence-electron chi connectivity index (χ0n) is 6.71. The van der Waals surface area contributed by atoms with E-state index in [1.165, 1.54) is 0 Å². The van der Waals surface area contributed by atoms with Gasteiger partial charge in [0.15, 0.2) is 0 Å². The Labute approximate surface area is 66.8 Å². The molecule has 2 aliphatic rings. The summed E-state index contributed by atoms with van der Waals surface area (Å²) in [6.45, 7) is 3.25. The highest BCUT2D eigenvalue weighted by atomic mass is 16.5. The van der Waals surface area contributed by atoms with Gasteiger partial charge in [0.25, 0.3) is 0 Å². The minimum Gasteiger partial charge on any atom is -0.381 e. The topological polar surface area (TPSA) is 44.5 Å². The van der Waals surface area contributed by atoms with Gasteiger partial charge in [0.2, 0.25) is 0 Å². The van der Waals surface area contributed by atoms with Gasteiger partial charge in [-0.1, -0.05) is 0 Å². The minimum atomic E-state index is 0.255. The lowest BCUT2D eigenvalue weighted by Gasteiger charge is -2.26. The van der Waals surface area contributed by atoms with E-state index in [1.54, 1.807) is 0 Å². The van der Waals surface area contributed by atoms with Crippen molar-refractivity contribution in [2.24, 2.45) is 11.1 Å². The predicted molar refractivity (Wildman–Crippen MR) is 41.3 cm³/mol. The maximum Gasteiger partial charge on any atom is 0.0777 e. The molecule has 11 heavy (non-hydrogen) atoms. The van der Waals surface area contributed by atoms with Crippen LogP contribution in [0.4, 0.5) is 0 Å². The van der Waals surface area contributed by atoms with E-state index in [0.717, 1.165) is 32.7 Å². The summed E-state index contributed by atoms with van der Waals surface area (Å²) >= 11 is 0. The molecule has 0 saturated carbocycles. The predicted octanol–water partition coefficient (Wildman–Crippen LogP) is 0.141. The van der Waals surface area contributed by atoms with Gasteiger partial charge in [-0.25, -0.2) is 0 Å². The molecule has 64 valence electrons. The number of hydrogen-bond donors (Lipinski definition) is 1. The van der Waals surface area contributed by atoms with Crippen molar-refractivity contribution < 1.29 is 9.47 Å². The van der Waals surface area contributed by atoms with E-state index in [4.69, 9.17) is 15.2 Å². The van der Waals surface area contributed by atoms with Gasteiger partial charge >= 0.3 is 0 Å². The standard InChI is InChI=1S/C8H15NO2/c9-5-7-8(2-4-11-7)1-3-10-6-8/h7H,1-6,9H2. The smallest absolute Gasteiger partial charge is 0.0777 e. The first-order chi connectivity index (χ1) is 5.37. The van der Waals surface area contributed by atoms with Gasteiger partial charge in [0, 0.05) is 25.2 Å². The van der Waals surface area contributed by atoms with Crippen LogP contribution in [-0.2, 0) is 9.47 Å². The average Bonchev–Trinajstić information content (AvgIpc) is 2.62. The van der Waals surface area contributed by atoms with E-state index in [2.05, 4.69) is 0 Å². The normalized spacial score (nSPS) is 43.9. The van der Waals surface area contributed by atoms with Crippen molar-refractivity contribution in [3.63, 3.8) is 0 Å². The fraction of sp³-hybridized carbons (Fsp3) is 1.00. The second-order valence-corrected chi connectivity index (χ2v) is 3.51. The van der Waals surface area contributed by atoms with Crippen molar-refractivity contribution in [1.82, 2.24) is 0 Å². The summed E-state index contributed by atoms with van der Waals surface area (Å²) in [7, 11) is 0. The Morgan fingerprint density at radius 2 is 2.18 bits per heavy atom. The summed E-state index contributed by atoms with van der Waals surface area (Å²) in [5, 5.41) is 0. The Morgan fingerprint density at radius 1 is 1.36 bits per heavy atom. The Balaban J connectivity index is 2.09. The Morgan fingerprint density at radius 3 is 2.82 bits per heavy atom. The van der Waals surface area contributed by atoms with Crippen LogP contribution in [0.1, 0.15) is 12.8 Å². The molecule has 2 saturated heterocycles. The van der Waals surface area contributed by atoms with Crippen LogP contribution in [0.25, 0.3) is 0 Å². The molecule has 0 aromatic rings. The third-order valence-electron chi connectivity index (χ3n) is 2.95. The van der Waals surface area contributed by atoms with Gasteiger partial charge in [-0.2, -0.15) is 0 Å². The van der Waals surface area contributed by atoms with E-state index in [9.17, 15) is 0 Å². The second-order valence-electron chi connectivity index (χ2n) is 3.51. The summed E-state index contributed by atoms with van der Waals surface area (Å²) in [6.07, 6.45) is 2.52. The SMILES string of the molecule is NCC1OCCC12CCOC2. The highest BCUT2D eigenvalue weighted by molar-refractivity contribution is 4.94. The monoisotopic (exact) mass is 157 g/mol. The van der Waals surface area contributed by atoms with E-state index >= 15 is 0 Å². The maximum atomic E-state index is 5.61. The molecule has 0 aromatic heterocycles. The fourth-order valence-electron chi connectivity index (χ4n) is 2.13. The van der Waals surface area contributed by atoms with Crippen LogP contribution >= 0.6 is 0 Å². The Hall–Kier alpha value is -0.120. The lowest BCUT2D eigenvalue weighted by Crippen LogP contribution is -2.37. The summed E-state index contributed by atoms with van der Waals surface area (Å²) in [6, 6.07) is 0. The van der Waals surface area contributed by atoms with Crippen LogP contribution in [0.5, 0.6) is 0 Å². The quantitative estimate of drug-likeness (QED) is 0.589. The van der Waals surface area contributed by atoms with Crippen LogP contribution in [0, 0.1) is 5.41 Å². The molecule has 0 radical (unpaired) electrons. The number of nitrogens with two attached hydrogens (primary N) is 1. The molecule has 1 spiro atoms. The van der Waals surface area contributed by atoms with E-state index in [1.807, 2.05) is 0 Å². The van der Waals surface area contributed by atoms with Crippen molar-refractivity contribution in [2.45, 2.75) is 18.9 Å². The van der Waals surface area contributed by atoms with E-state index in [-0.39, 0.29) is 11.5 Å². The number of hydrogen-bond acceptors (Lipinski definition) is 3. The molecule has 2 fully saturated rings. The summed E-state index contributed by atoms with van der Waals surface area (Å²) in [4.78, 5) is 0. The second kappa shape index (κ2) is 2.73. The van der Waals surface area contributed by atoms with Crippen LogP contribution in [0.15, 0.2) is 0 Å². The first-order valence-corrected chi connectivity index (χ1v) is 4.27. The molecule has 2 rings (SSSR count). The molecule has 3 heteroatoms. The van der Waals surface area contributed by atoms with Gasteiger partial charge < -0.3 is 15.2 Å². The van der Waals surface area contributed by atoms with Gasteiger partial charge in [0.1, 0.15) is 0 Å². The highest BCUT2D eigenvalue weighted by Crippen LogP contribution is 2.41. The maximum absolute atomic E-state index is 5.61. The average molecular weight is 157 g/mol. The lowest BCUT2D eigenvalue weighted by atomic mass is 9.80. The molecule has 2 heterocycles. The summed E-state index contributed by atoms with van der Waals surface area (Å²) in [5.74, 6) is 0. The highest BCUT2D eigenvalue weighted by Gasteiger charge is 2.45. The third-order valence-corrected chi connectivity index (χ3v) is 2.95. The Bertz CT molecular complexity index is 138. The van der Waals surface area contributed by atoms with Crippen LogP contribution in [-0.4, -0.2) is 32.5 Å². The number of rotatable bonds is 1. The molecular weight excluding hydrogens is 142 g/mol. The molecule has 2 unspecified atom stereocenters. The van der Waals surface area contributed by atoms with Crippen molar-refractivity contribution in [2.75, 3.05) is 26.4 Å². The zero-order chi connectivity index (χ0) is 7.73. The molecule has 2 aliphatic heterocycles. The molecule has 0 aliphatic carbocycles. The molecule has 0 amide bonds. The summed E-state index contributed by atoms with van der Waals surface area (Å²) < 4.78 is 10.9. The molecule has 2 atom stereocenters. The van der Waals surface area contributed by atoms with Crippen LogP contribution in [0.2, 0.25) is 0 Å². The van der Waals surface area contributed by atoms with E-state index < -0.39 is 0 Å². The molecule has 2 N–H and O–H groups in total. The van der Waals surface area contributed by atoms with Crippen molar-refractivity contribution in [3.05, 3.63) is 0 Å². The van der Waals surface area contributed by atoms with Crippen LogP contribution < -0.4 is 5.73 Å². The first kappa shape index (κ1) is 7.53. The molecular formula is C8H15NO2. The minimum absolute atomic E-state index is 0.255. The van der Waals surface area contributed by atoms with Gasteiger partial charge in [0.05, 0.1) is 12.7 Å². The zero-order valence-corrected chi connectivity index (χ0v) is 6.71. The third kappa shape index (κ3) is 1.08. The van der Waals surface area contributed by atoms with E-state index in [0.29, 0.717) is 6.54 Å². The summed E-state index contributed by atoms with van der Waals surface area (Å²) in [5.41, 5.74) is 5.89. The molecule has 0 aromatic carbocycles. The molecule has 0 bridgehead atoms. The largest absolute Gasteiger partial charge is 0.381 e. The fourth-order valence-corrected chi connectivity index (χ4v) is 2.13. The Kier molecular flexibility index (Phi) is 1.87. The van der Waals surface area contributed by atoms with Gasteiger partial charge in [-0.3, -0.25) is 0 Å². The van der Waals surface area contributed by atoms with Gasteiger partial charge in [-0.15, -0.1) is 0 Å².